The minimum absolute atomic E-state index is 0.152. The topological polar surface area (TPSA) is 108 Å². The number of carbonyl (C=O) groups is 1. The molecule has 1 aliphatic carbocycles. The monoisotopic (exact) mass is 365 g/mol. The Kier molecular flexibility index (Phi) is 6.63. The van der Waals surface area contributed by atoms with Gasteiger partial charge >= 0.3 is 5.97 Å². The Labute approximate surface area is 153 Å². The summed E-state index contributed by atoms with van der Waals surface area (Å²) in [5.74, 6) is -0.230. The normalized spacial score (nSPS) is 28.3. The van der Waals surface area contributed by atoms with Crippen LogP contribution in [-0.2, 0) is 16.1 Å². The Morgan fingerprint density at radius 2 is 1.92 bits per heavy atom. The lowest BCUT2D eigenvalue weighted by Crippen LogP contribution is -2.55. The zero-order valence-corrected chi connectivity index (χ0v) is 15.3. The van der Waals surface area contributed by atoms with Gasteiger partial charge in [0.15, 0.2) is 0 Å². The summed E-state index contributed by atoms with van der Waals surface area (Å²) >= 11 is 0. The minimum atomic E-state index is -1.31. The van der Waals surface area contributed by atoms with Crippen LogP contribution in [0.3, 0.4) is 0 Å². The standard InChI is InChI=1S/C19H27NO6/c1-10(2)13-8-16(18(23)19(24)17(13)22)26-15-6-5-12(7-14(15)20-4)9-25-11(3)21/h5-7,13,16-20,22-24H,1,8-9H2,2-4H3. The van der Waals surface area contributed by atoms with Gasteiger partial charge in [0.05, 0.1) is 11.8 Å². The van der Waals surface area contributed by atoms with Gasteiger partial charge in [0.25, 0.3) is 0 Å². The smallest absolute Gasteiger partial charge is 0.302 e. The SMILES string of the molecule is C=C(C)C1CC(Oc2ccc(COC(C)=O)cc2NC)C(O)C(O)C1O. The van der Waals surface area contributed by atoms with Crippen molar-refractivity contribution < 1.29 is 29.6 Å². The molecule has 0 aromatic heterocycles. The van der Waals surface area contributed by atoms with E-state index in [-0.39, 0.29) is 18.5 Å². The summed E-state index contributed by atoms with van der Waals surface area (Å²) in [5.41, 5.74) is 2.17. The second-order valence-electron chi connectivity index (χ2n) is 6.68. The fourth-order valence-electron chi connectivity index (χ4n) is 3.11. The largest absolute Gasteiger partial charge is 0.485 e. The quantitative estimate of drug-likeness (QED) is 0.443. The van der Waals surface area contributed by atoms with Crippen LogP contribution in [0.25, 0.3) is 0 Å². The predicted octanol–water partition coefficient (Wildman–Crippen LogP) is 1.22. The Morgan fingerprint density at radius 1 is 1.23 bits per heavy atom. The van der Waals surface area contributed by atoms with Crippen LogP contribution >= 0.6 is 0 Å². The molecule has 0 spiro atoms. The lowest BCUT2D eigenvalue weighted by atomic mass is 9.77. The van der Waals surface area contributed by atoms with E-state index in [1.807, 2.05) is 0 Å². The summed E-state index contributed by atoms with van der Waals surface area (Å²) in [6.45, 7) is 7.12. The van der Waals surface area contributed by atoms with E-state index in [2.05, 4.69) is 11.9 Å². The van der Waals surface area contributed by atoms with Crippen molar-refractivity contribution in [3.05, 3.63) is 35.9 Å². The van der Waals surface area contributed by atoms with E-state index in [0.717, 1.165) is 11.1 Å². The predicted molar refractivity (Wildman–Crippen MR) is 96.8 cm³/mol. The molecule has 1 aliphatic rings. The molecule has 4 N–H and O–H groups in total. The fourth-order valence-corrected chi connectivity index (χ4v) is 3.11. The number of hydrogen-bond acceptors (Lipinski definition) is 7. The number of anilines is 1. The Morgan fingerprint density at radius 3 is 2.50 bits per heavy atom. The number of aliphatic hydroxyl groups is 3. The van der Waals surface area contributed by atoms with E-state index in [9.17, 15) is 20.1 Å². The third kappa shape index (κ3) is 4.55. The van der Waals surface area contributed by atoms with Crippen LogP contribution in [0.5, 0.6) is 5.75 Å². The summed E-state index contributed by atoms with van der Waals surface area (Å²) < 4.78 is 10.9. The number of ether oxygens (including phenoxy) is 2. The third-order valence-electron chi connectivity index (χ3n) is 4.65. The maximum absolute atomic E-state index is 10.9. The highest BCUT2D eigenvalue weighted by Crippen LogP contribution is 2.35. The van der Waals surface area contributed by atoms with Crippen LogP contribution in [0.1, 0.15) is 25.8 Å². The lowest BCUT2D eigenvalue weighted by Gasteiger charge is -2.40. The molecule has 0 aliphatic heterocycles. The molecule has 1 fully saturated rings. The molecule has 5 unspecified atom stereocenters. The number of carbonyl (C=O) groups excluding carboxylic acids is 1. The molecular formula is C19H27NO6. The molecule has 1 aromatic carbocycles. The van der Waals surface area contributed by atoms with Crippen LogP contribution in [0.15, 0.2) is 30.4 Å². The number of aliphatic hydroxyl groups excluding tert-OH is 3. The average Bonchev–Trinajstić information content (AvgIpc) is 2.60. The molecular weight excluding hydrogens is 338 g/mol. The van der Waals surface area contributed by atoms with E-state index in [0.29, 0.717) is 17.9 Å². The number of esters is 1. The van der Waals surface area contributed by atoms with Crippen molar-refractivity contribution >= 4 is 11.7 Å². The van der Waals surface area contributed by atoms with Crippen molar-refractivity contribution in [3.63, 3.8) is 0 Å². The Bertz CT molecular complexity index is 661. The zero-order valence-electron chi connectivity index (χ0n) is 15.3. The van der Waals surface area contributed by atoms with Gasteiger partial charge in [0.1, 0.15) is 30.7 Å². The zero-order chi connectivity index (χ0) is 19.4. The van der Waals surface area contributed by atoms with E-state index in [1.54, 1.807) is 32.2 Å². The highest BCUT2D eigenvalue weighted by molar-refractivity contribution is 5.66. The Hall–Kier alpha value is -2.09. The van der Waals surface area contributed by atoms with Gasteiger partial charge in [0, 0.05) is 19.9 Å². The molecule has 0 radical (unpaired) electrons. The van der Waals surface area contributed by atoms with Crippen LogP contribution in [0.4, 0.5) is 5.69 Å². The van der Waals surface area contributed by atoms with Gasteiger partial charge in [0.2, 0.25) is 0 Å². The molecule has 7 nitrogen and oxygen atoms in total. The molecule has 26 heavy (non-hydrogen) atoms. The summed E-state index contributed by atoms with van der Waals surface area (Å²) in [7, 11) is 1.73. The molecule has 0 amide bonds. The molecule has 1 aromatic rings. The molecule has 5 atom stereocenters. The second-order valence-corrected chi connectivity index (χ2v) is 6.68. The maximum atomic E-state index is 10.9. The van der Waals surface area contributed by atoms with E-state index in [1.165, 1.54) is 6.92 Å². The average molecular weight is 365 g/mol. The first kappa shape index (κ1) is 20.2. The molecule has 0 bridgehead atoms. The lowest BCUT2D eigenvalue weighted by molar-refractivity contribution is -0.144. The third-order valence-corrected chi connectivity index (χ3v) is 4.65. The van der Waals surface area contributed by atoms with Crippen molar-refractivity contribution in [3.8, 4) is 5.75 Å². The van der Waals surface area contributed by atoms with Crippen LogP contribution in [0.2, 0.25) is 0 Å². The molecule has 2 rings (SSSR count). The van der Waals surface area contributed by atoms with Crippen molar-refractivity contribution in [2.24, 2.45) is 5.92 Å². The number of hydrogen-bond donors (Lipinski definition) is 4. The van der Waals surface area contributed by atoms with Crippen molar-refractivity contribution in [2.75, 3.05) is 12.4 Å². The highest BCUT2D eigenvalue weighted by Gasteiger charge is 2.44. The molecule has 7 heteroatoms. The van der Waals surface area contributed by atoms with Gasteiger partial charge in [-0.25, -0.2) is 0 Å². The summed E-state index contributed by atoms with van der Waals surface area (Å²) in [4.78, 5) is 10.9. The summed E-state index contributed by atoms with van der Waals surface area (Å²) in [6.07, 6.45) is -3.95. The van der Waals surface area contributed by atoms with Gasteiger partial charge in [-0.3, -0.25) is 4.79 Å². The Balaban J connectivity index is 2.18. The summed E-state index contributed by atoms with van der Waals surface area (Å²) in [6, 6.07) is 5.26. The van der Waals surface area contributed by atoms with Gasteiger partial charge in [-0.05, 0) is 31.0 Å². The van der Waals surface area contributed by atoms with E-state index in [4.69, 9.17) is 9.47 Å². The minimum Gasteiger partial charge on any atom is -0.485 e. The van der Waals surface area contributed by atoms with Gasteiger partial charge in [-0.2, -0.15) is 0 Å². The maximum Gasteiger partial charge on any atom is 0.302 e. The van der Waals surface area contributed by atoms with Crippen molar-refractivity contribution in [1.82, 2.24) is 0 Å². The van der Waals surface area contributed by atoms with Crippen LogP contribution < -0.4 is 10.1 Å². The number of nitrogens with one attached hydrogen (secondary N) is 1. The first-order valence-corrected chi connectivity index (χ1v) is 8.54. The van der Waals surface area contributed by atoms with Gasteiger partial charge < -0.3 is 30.1 Å². The van der Waals surface area contributed by atoms with Crippen molar-refractivity contribution in [2.45, 2.75) is 51.3 Å². The molecule has 0 saturated heterocycles. The fraction of sp³-hybridized carbons (Fsp3) is 0.526. The highest BCUT2D eigenvalue weighted by atomic mass is 16.5. The van der Waals surface area contributed by atoms with Gasteiger partial charge in [-0.1, -0.05) is 18.2 Å². The van der Waals surface area contributed by atoms with Gasteiger partial charge in [-0.15, -0.1) is 0 Å². The summed E-state index contributed by atoms with van der Waals surface area (Å²) in [5, 5.41) is 33.5. The number of rotatable bonds is 6. The molecule has 0 heterocycles. The number of benzene rings is 1. The van der Waals surface area contributed by atoms with Crippen LogP contribution in [0, 0.1) is 5.92 Å². The first-order chi connectivity index (χ1) is 12.2. The van der Waals surface area contributed by atoms with Crippen molar-refractivity contribution in [1.29, 1.82) is 0 Å². The molecule has 1 saturated carbocycles. The van der Waals surface area contributed by atoms with Crippen LogP contribution in [-0.4, -0.2) is 52.8 Å². The van der Waals surface area contributed by atoms with E-state index < -0.39 is 24.4 Å². The molecule has 144 valence electrons. The first-order valence-electron chi connectivity index (χ1n) is 8.54. The second kappa shape index (κ2) is 8.53. The van der Waals surface area contributed by atoms with E-state index >= 15 is 0 Å².